The number of nitrogens with zero attached hydrogens (tertiary/aromatic N) is 2. The third-order valence-corrected chi connectivity index (χ3v) is 5.87. The van der Waals surface area contributed by atoms with Crippen molar-refractivity contribution >= 4 is 12.1 Å². The fourth-order valence-corrected chi connectivity index (χ4v) is 4.33. The summed E-state index contributed by atoms with van der Waals surface area (Å²) in [6.07, 6.45) is 2.81. The van der Waals surface area contributed by atoms with Crippen LogP contribution in [-0.4, -0.2) is 61.4 Å². The molecule has 3 rings (SSSR count). The number of amides is 1. The molecule has 2 aliphatic rings. The molecule has 1 aromatic rings. The minimum absolute atomic E-state index is 0.0621. The second-order valence-corrected chi connectivity index (χ2v) is 9.88. The van der Waals surface area contributed by atoms with Crippen molar-refractivity contribution in [3.63, 3.8) is 0 Å². The van der Waals surface area contributed by atoms with Crippen LogP contribution >= 0.6 is 0 Å². The lowest BCUT2D eigenvalue weighted by Crippen LogP contribution is -2.44. The number of nitrogens with one attached hydrogen (secondary N) is 2. The fourth-order valence-electron chi connectivity index (χ4n) is 4.33. The van der Waals surface area contributed by atoms with Gasteiger partial charge in [0.1, 0.15) is 5.60 Å². The van der Waals surface area contributed by atoms with Gasteiger partial charge in [-0.1, -0.05) is 29.8 Å². The summed E-state index contributed by atoms with van der Waals surface area (Å²) >= 11 is 0. The molecule has 178 valence electrons. The van der Waals surface area contributed by atoms with Crippen LogP contribution in [0, 0.1) is 12.8 Å². The Morgan fingerprint density at radius 1 is 1.25 bits per heavy atom. The van der Waals surface area contributed by atoms with E-state index in [9.17, 15) is 4.79 Å². The number of guanidine groups is 1. The minimum Gasteiger partial charge on any atom is -0.444 e. The first-order chi connectivity index (χ1) is 15.2. The number of aliphatic imine (C=N–C) groups is 1. The van der Waals surface area contributed by atoms with Gasteiger partial charge in [0.2, 0.25) is 0 Å². The van der Waals surface area contributed by atoms with E-state index < -0.39 is 5.60 Å². The summed E-state index contributed by atoms with van der Waals surface area (Å²) in [4.78, 5) is 19.4. The van der Waals surface area contributed by atoms with Crippen LogP contribution in [0.1, 0.15) is 64.2 Å². The van der Waals surface area contributed by atoms with Crippen molar-refractivity contribution in [2.24, 2.45) is 10.9 Å². The molecule has 0 saturated carbocycles. The van der Waals surface area contributed by atoms with Crippen molar-refractivity contribution in [2.75, 3.05) is 32.8 Å². The van der Waals surface area contributed by atoms with Gasteiger partial charge in [-0.25, -0.2) is 4.79 Å². The second-order valence-electron chi connectivity index (χ2n) is 9.88. The number of likely N-dealkylation sites (tertiary alicyclic amines) is 1. The van der Waals surface area contributed by atoms with E-state index in [1.54, 1.807) is 0 Å². The molecule has 7 nitrogen and oxygen atoms in total. The van der Waals surface area contributed by atoms with Gasteiger partial charge in [0, 0.05) is 38.7 Å². The van der Waals surface area contributed by atoms with Gasteiger partial charge in [0.15, 0.2) is 5.96 Å². The van der Waals surface area contributed by atoms with Crippen LogP contribution in [0.25, 0.3) is 0 Å². The highest BCUT2D eigenvalue weighted by atomic mass is 16.6. The number of hydrogen-bond acceptors (Lipinski definition) is 4. The molecule has 0 aromatic heterocycles. The van der Waals surface area contributed by atoms with Gasteiger partial charge in [-0.3, -0.25) is 4.99 Å². The largest absolute Gasteiger partial charge is 0.444 e. The van der Waals surface area contributed by atoms with Crippen molar-refractivity contribution in [2.45, 2.75) is 71.6 Å². The summed E-state index contributed by atoms with van der Waals surface area (Å²) in [5.74, 6) is 1.27. The molecular formula is C25H40N4O3. The van der Waals surface area contributed by atoms with Crippen LogP contribution < -0.4 is 10.6 Å². The highest BCUT2D eigenvalue weighted by molar-refractivity contribution is 5.80. The van der Waals surface area contributed by atoms with Gasteiger partial charge in [-0.2, -0.15) is 0 Å². The summed E-state index contributed by atoms with van der Waals surface area (Å²) in [6, 6.07) is 8.73. The lowest BCUT2D eigenvalue weighted by atomic mass is 9.89. The van der Waals surface area contributed by atoms with Crippen LogP contribution in [0.4, 0.5) is 4.79 Å². The first-order valence-electron chi connectivity index (χ1n) is 12.0. The SMILES string of the molecule is CCNC(=NCC1CCCOC1c1ccc(C)cc1)N1CCC(NC(=O)OC(C)(C)C)C1. The van der Waals surface area contributed by atoms with Gasteiger partial charge < -0.3 is 25.0 Å². The summed E-state index contributed by atoms with van der Waals surface area (Å²) in [5.41, 5.74) is 2.01. The maximum absolute atomic E-state index is 12.1. The number of carbonyl (C=O) groups excluding carboxylic acids is 1. The van der Waals surface area contributed by atoms with E-state index in [1.165, 1.54) is 11.1 Å². The molecule has 3 unspecified atom stereocenters. The van der Waals surface area contributed by atoms with Crippen LogP contribution in [0.3, 0.4) is 0 Å². The smallest absolute Gasteiger partial charge is 0.407 e. The maximum Gasteiger partial charge on any atom is 0.407 e. The Morgan fingerprint density at radius 3 is 2.69 bits per heavy atom. The molecule has 2 heterocycles. The van der Waals surface area contributed by atoms with E-state index in [4.69, 9.17) is 14.5 Å². The second kappa shape index (κ2) is 11.0. The predicted molar refractivity (Wildman–Crippen MR) is 128 cm³/mol. The molecular weight excluding hydrogens is 404 g/mol. The molecule has 0 radical (unpaired) electrons. The summed E-state index contributed by atoms with van der Waals surface area (Å²) in [5, 5.41) is 6.42. The van der Waals surface area contributed by atoms with Crippen molar-refractivity contribution in [3.8, 4) is 0 Å². The summed E-state index contributed by atoms with van der Waals surface area (Å²) < 4.78 is 11.6. The Hall–Kier alpha value is -2.28. The fraction of sp³-hybridized carbons (Fsp3) is 0.680. The summed E-state index contributed by atoms with van der Waals surface area (Å²) in [6.45, 7) is 13.7. The number of benzene rings is 1. The number of aryl methyl sites for hydroxylation is 1. The monoisotopic (exact) mass is 444 g/mol. The maximum atomic E-state index is 12.1. The third-order valence-electron chi connectivity index (χ3n) is 5.87. The topological polar surface area (TPSA) is 75.2 Å². The Balaban J connectivity index is 1.61. The van der Waals surface area contributed by atoms with E-state index in [-0.39, 0.29) is 18.2 Å². The van der Waals surface area contributed by atoms with E-state index in [0.29, 0.717) is 5.92 Å². The lowest BCUT2D eigenvalue weighted by Gasteiger charge is -2.32. The van der Waals surface area contributed by atoms with Crippen molar-refractivity contribution in [1.82, 2.24) is 15.5 Å². The zero-order valence-electron chi connectivity index (χ0n) is 20.3. The molecule has 32 heavy (non-hydrogen) atoms. The molecule has 2 N–H and O–H groups in total. The summed E-state index contributed by atoms with van der Waals surface area (Å²) in [7, 11) is 0. The van der Waals surface area contributed by atoms with Crippen molar-refractivity contribution in [3.05, 3.63) is 35.4 Å². The van der Waals surface area contributed by atoms with E-state index in [0.717, 1.165) is 58.0 Å². The van der Waals surface area contributed by atoms with Crippen LogP contribution in [0.2, 0.25) is 0 Å². The zero-order valence-corrected chi connectivity index (χ0v) is 20.3. The van der Waals surface area contributed by atoms with E-state index >= 15 is 0 Å². The quantitative estimate of drug-likeness (QED) is 0.530. The average Bonchev–Trinajstić information content (AvgIpc) is 3.18. The van der Waals surface area contributed by atoms with Gasteiger partial charge >= 0.3 is 6.09 Å². The van der Waals surface area contributed by atoms with Crippen LogP contribution in [-0.2, 0) is 9.47 Å². The molecule has 2 fully saturated rings. The average molecular weight is 445 g/mol. The zero-order chi connectivity index (χ0) is 23.1. The highest BCUT2D eigenvalue weighted by Crippen LogP contribution is 2.34. The van der Waals surface area contributed by atoms with Crippen molar-refractivity contribution in [1.29, 1.82) is 0 Å². The molecule has 0 spiro atoms. The Morgan fingerprint density at radius 2 is 2.00 bits per heavy atom. The number of alkyl carbamates (subject to hydrolysis) is 1. The molecule has 3 atom stereocenters. The third kappa shape index (κ3) is 7.12. The Kier molecular flexibility index (Phi) is 8.40. The predicted octanol–water partition coefficient (Wildman–Crippen LogP) is 4.03. The van der Waals surface area contributed by atoms with Gasteiger partial charge in [0.05, 0.1) is 12.1 Å². The van der Waals surface area contributed by atoms with Crippen molar-refractivity contribution < 1.29 is 14.3 Å². The number of carbonyl (C=O) groups is 1. The van der Waals surface area contributed by atoms with Crippen LogP contribution in [0.15, 0.2) is 29.3 Å². The molecule has 1 aromatic carbocycles. The molecule has 1 amide bonds. The lowest BCUT2D eigenvalue weighted by molar-refractivity contribution is -0.0250. The number of rotatable bonds is 5. The first kappa shape index (κ1) is 24.4. The Bertz CT molecular complexity index is 772. The highest BCUT2D eigenvalue weighted by Gasteiger charge is 2.30. The standard InChI is InChI=1S/C25H40N4O3/c1-6-26-23(29-14-13-21(17-29)28-24(30)32-25(3,4)5)27-16-20-8-7-15-31-22(20)19-11-9-18(2)10-12-19/h9-12,20-22H,6-8,13-17H2,1-5H3,(H,26,27)(H,28,30). The molecule has 2 aliphatic heterocycles. The Labute approximate surface area is 192 Å². The van der Waals surface area contributed by atoms with Gasteiger partial charge in [-0.05, 0) is 59.4 Å². The number of hydrogen-bond donors (Lipinski definition) is 2. The first-order valence-corrected chi connectivity index (χ1v) is 12.0. The van der Waals surface area contributed by atoms with E-state index in [1.807, 2.05) is 20.8 Å². The molecule has 2 saturated heterocycles. The van der Waals surface area contributed by atoms with Gasteiger partial charge in [0.25, 0.3) is 0 Å². The van der Waals surface area contributed by atoms with Crippen LogP contribution in [0.5, 0.6) is 0 Å². The van der Waals surface area contributed by atoms with Gasteiger partial charge in [-0.15, -0.1) is 0 Å². The molecule has 0 bridgehead atoms. The number of ether oxygens (including phenoxy) is 2. The minimum atomic E-state index is -0.491. The molecule has 0 aliphatic carbocycles. The molecule has 7 heteroatoms. The van der Waals surface area contributed by atoms with E-state index in [2.05, 4.69) is 53.6 Å². The normalized spacial score (nSPS) is 24.3.